The Morgan fingerprint density at radius 2 is 2.09 bits per heavy atom. The van der Waals surface area contributed by atoms with Crippen LogP contribution in [0.5, 0.6) is 5.75 Å². The molecule has 1 amide bonds. The predicted octanol–water partition coefficient (Wildman–Crippen LogP) is 5.53. The number of fused-ring (bicyclic) bond motifs is 2. The van der Waals surface area contributed by atoms with Gasteiger partial charge in [-0.25, -0.2) is 9.67 Å². The highest BCUT2D eigenvalue weighted by molar-refractivity contribution is 6.32. The number of anilines is 1. The number of rotatable bonds is 7. The van der Waals surface area contributed by atoms with E-state index in [2.05, 4.69) is 38.9 Å². The van der Waals surface area contributed by atoms with Crippen molar-refractivity contribution < 1.29 is 9.53 Å². The number of benzene rings is 2. The second-order valence-corrected chi connectivity index (χ2v) is 9.09. The molecule has 0 fully saturated rings. The van der Waals surface area contributed by atoms with Crippen molar-refractivity contribution in [2.24, 2.45) is 0 Å². The number of aryl methyl sites for hydroxylation is 2. The minimum atomic E-state index is -0.152. The molecule has 35 heavy (non-hydrogen) atoms. The lowest BCUT2D eigenvalue weighted by Crippen LogP contribution is -2.31. The highest BCUT2D eigenvalue weighted by Crippen LogP contribution is 2.32. The Morgan fingerprint density at radius 1 is 1.23 bits per heavy atom. The third-order valence-electron chi connectivity index (χ3n) is 6.57. The van der Waals surface area contributed by atoms with E-state index in [9.17, 15) is 4.79 Å². The van der Waals surface area contributed by atoms with Gasteiger partial charge in [-0.2, -0.15) is 5.10 Å². The number of amides is 1. The summed E-state index contributed by atoms with van der Waals surface area (Å²) in [6, 6.07) is 14.0. The molecule has 7 nitrogen and oxygen atoms in total. The molecule has 1 aliphatic rings. The minimum Gasteiger partial charge on any atom is -0.495 e. The summed E-state index contributed by atoms with van der Waals surface area (Å²) in [6.45, 7) is 3.18. The van der Waals surface area contributed by atoms with Crippen molar-refractivity contribution in [1.29, 1.82) is 0 Å². The Kier molecular flexibility index (Phi) is 6.59. The van der Waals surface area contributed by atoms with Gasteiger partial charge in [0.1, 0.15) is 5.75 Å². The van der Waals surface area contributed by atoms with Gasteiger partial charge < -0.3 is 15.4 Å². The van der Waals surface area contributed by atoms with E-state index in [0.29, 0.717) is 35.1 Å². The molecule has 180 valence electrons. The van der Waals surface area contributed by atoms with Crippen LogP contribution in [0.2, 0.25) is 5.02 Å². The van der Waals surface area contributed by atoms with Crippen LogP contribution in [0.3, 0.4) is 0 Å². The molecule has 5 rings (SSSR count). The number of halogens is 1. The molecule has 2 heterocycles. The zero-order chi connectivity index (χ0) is 24.4. The standard InChI is InChI=1S/C27H28ClN5O2/c1-3-33-26-20(16-31-33)25(29-14-17-11-12-24(35-2)22(28)13-17)21(15-30-26)27(34)32-23-10-6-8-18-7-4-5-9-19(18)23/h4-5,7,9,11-13,15-16,23H,3,6,8,10,14H2,1-2H3,(H,29,30)(H,32,34). The van der Waals surface area contributed by atoms with E-state index in [1.165, 1.54) is 11.1 Å². The molecule has 0 saturated heterocycles. The maximum absolute atomic E-state index is 13.6. The fourth-order valence-corrected chi connectivity index (χ4v) is 5.05. The lowest BCUT2D eigenvalue weighted by atomic mass is 9.87. The molecular weight excluding hydrogens is 462 g/mol. The zero-order valence-electron chi connectivity index (χ0n) is 19.8. The van der Waals surface area contributed by atoms with Gasteiger partial charge >= 0.3 is 0 Å². The number of aromatic nitrogens is 3. The molecule has 2 aromatic heterocycles. The van der Waals surface area contributed by atoms with Crippen molar-refractivity contribution in [3.05, 3.63) is 82.1 Å². The van der Waals surface area contributed by atoms with Crippen LogP contribution in [0.15, 0.2) is 54.9 Å². The maximum Gasteiger partial charge on any atom is 0.255 e. The third kappa shape index (κ3) is 4.56. The SMILES string of the molecule is CCn1ncc2c(NCc3ccc(OC)c(Cl)c3)c(C(=O)NC3CCCc4ccccc43)cnc21. The highest BCUT2D eigenvalue weighted by atomic mass is 35.5. The van der Waals surface area contributed by atoms with Crippen molar-refractivity contribution in [3.8, 4) is 5.75 Å². The Hall–Kier alpha value is -3.58. The van der Waals surface area contributed by atoms with Crippen molar-refractivity contribution in [3.63, 3.8) is 0 Å². The van der Waals surface area contributed by atoms with Crippen LogP contribution in [-0.2, 0) is 19.5 Å². The van der Waals surface area contributed by atoms with E-state index >= 15 is 0 Å². The van der Waals surface area contributed by atoms with E-state index in [1.54, 1.807) is 19.5 Å². The molecular formula is C27H28ClN5O2. The van der Waals surface area contributed by atoms with Crippen LogP contribution in [0.4, 0.5) is 5.69 Å². The predicted molar refractivity (Wildman–Crippen MR) is 138 cm³/mol. The van der Waals surface area contributed by atoms with Gasteiger partial charge in [-0.05, 0) is 55.0 Å². The summed E-state index contributed by atoms with van der Waals surface area (Å²) in [5.74, 6) is 0.472. The monoisotopic (exact) mass is 489 g/mol. The highest BCUT2D eigenvalue weighted by Gasteiger charge is 2.24. The second kappa shape index (κ2) is 9.96. The van der Waals surface area contributed by atoms with Gasteiger partial charge in [0.2, 0.25) is 0 Å². The Balaban J connectivity index is 1.46. The van der Waals surface area contributed by atoms with E-state index in [0.717, 1.165) is 35.9 Å². The Bertz CT molecular complexity index is 1380. The van der Waals surface area contributed by atoms with E-state index in [1.807, 2.05) is 35.9 Å². The van der Waals surface area contributed by atoms with Crippen LogP contribution in [0, 0.1) is 0 Å². The number of methoxy groups -OCH3 is 1. The van der Waals surface area contributed by atoms with Crippen LogP contribution >= 0.6 is 11.6 Å². The number of hydrogen-bond acceptors (Lipinski definition) is 5. The molecule has 0 radical (unpaired) electrons. The number of ether oxygens (including phenoxy) is 1. The van der Waals surface area contributed by atoms with Crippen molar-refractivity contribution in [1.82, 2.24) is 20.1 Å². The summed E-state index contributed by atoms with van der Waals surface area (Å²) in [5.41, 5.74) is 5.41. The summed E-state index contributed by atoms with van der Waals surface area (Å²) in [4.78, 5) is 18.1. The molecule has 1 aliphatic carbocycles. The van der Waals surface area contributed by atoms with Gasteiger partial charge in [0.25, 0.3) is 5.91 Å². The van der Waals surface area contributed by atoms with Gasteiger partial charge in [-0.15, -0.1) is 0 Å². The summed E-state index contributed by atoms with van der Waals surface area (Å²) >= 11 is 6.32. The summed E-state index contributed by atoms with van der Waals surface area (Å²) in [7, 11) is 1.59. The van der Waals surface area contributed by atoms with Crippen LogP contribution in [-0.4, -0.2) is 27.8 Å². The fourth-order valence-electron chi connectivity index (χ4n) is 4.77. The molecule has 1 unspecified atom stereocenters. The minimum absolute atomic E-state index is 0.0187. The smallest absolute Gasteiger partial charge is 0.255 e. The quantitative estimate of drug-likeness (QED) is 0.356. The number of pyridine rings is 1. The average Bonchev–Trinajstić information content (AvgIpc) is 3.31. The number of hydrogen-bond donors (Lipinski definition) is 2. The topological polar surface area (TPSA) is 81.1 Å². The number of nitrogens with one attached hydrogen (secondary N) is 2. The Morgan fingerprint density at radius 3 is 2.89 bits per heavy atom. The first-order valence-corrected chi connectivity index (χ1v) is 12.3. The zero-order valence-corrected chi connectivity index (χ0v) is 20.6. The van der Waals surface area contributed by atoms with Crippen molar-refractivity contribution in [2.45, 2.75) is 45.3 Å². The van der Waals surface area contributed by atoms with Gasteiger partial charge in [-0.1, -0.05) is 41.9 Å². The summed E-state index contributed by atoms with van der Waals surface area (Å²) < 4.78 is 7.08. The van der Waals surface area contributed by atoms with Gasteiger partial charge in [-0.3, -0.25) is 4.79 Å². The third-order valence-corrected chi connectivity index (χ3v) is 6.87. The van der Waals surface area contributed by atoms with E-state index in [4.69, 9.17) is 16.3 Å². The van der Waals surface area contributed by atoms with Crippen LogP contribution in [0.1, 0.15) is 52.9 Å². The van der Waals surface area contributed by atoms with Crippen molar-refractivity contribution in [2.75, 3.05) is 12.4 Å². The first kappa shape index (κ1) is 23.2. The van der Waals surface area contributed by atoms with Gasteiger partial charge in [0.15, 0.2) is 5.65 Å². The average molecular weight is 490 g/mol. The lowest BCUT2D eigenvalue weighted by molar-refractivity contribution is 0.0933. The fraction of sp³-hybridized carbons (Fsp3) is 0.296. The van der Waals surface area contributed by atoms with E-state index in [-0.39, 0.29) is 11.9 Å². The van der Waals surface area contributed by atoms with Crippen LogP contribution < -0.4 is 15.4 Å². The maximum atomic E-state index is 13.6. The Labute approximate surface area is 209 Å². The summed E-state index contributed by atoms with van der Waals surface area (Å²) in [5, 5.41) is 12.5. The lowest BCUT2D eigenvalue weighted by Gasteiger charge is -2.26. The van der Waals surface area contributed by atoms with Crippen molar-refractivity contribution >= 4 is 34.2 Å². The normalized spacial score (nSPS) is 15.0. The molecule has 0 spiro atoms. The molecule has 0 aliphatic heterocycles. The molecule has 4 aromatic rings. The second-order valence-electron chi connectivity index (χ2n) is 8.68. The molecule has 2 N–H and O–H groups in total. The van der Waals surface area contributed by atoms with Crippen LogP contribution in [0.25, 0.3) is 11.0 Å². The summed E-state index contributed by atoms with van der Waals surface area (Å²) in [6.07, 6.45) is 6.42. The van der Waals surface area contributed by atoms with Gasteiger partial charge in [0, 0.05) is 19.3 Å². The molecule has 2 aromatic carbocycles. The first-order valence-electron chi connectivity index (χ1n) is 11.9. The largest absolute Gasteiger partial charge is 0.495 e. The number of nitrogens with zero attached hydrogens (tertiary/aromatic N) is 3. The molecule has 1 atom stereocenters. The molecule has 8 heteroatoms. The molecule has 0 saturated carbocycles. The number of carbonyl (C=O) groups excluding carboxylic acids is 1. The number of carbonyl (C=O) groups is 1. The van der Waals surface area contributed by atoms with E-state index < -0.39 is 0 Å². The molecule has 0 bridgehead atoms. The van der Waals surface area contributed by atoms with Gasteiger partial charge in [0.05, 0.1) is 41.0 Å². The first-order chi connectivity index (χ1) is 17.1.